The van der Waals surface area contributed by atoms with Crippen LogP contribution in [-0.4, -0.2) is 38.6 Å². The summed E-state index contributed by atoms with van der Waals surface area (Å²) in [6, 6.07) is 17.9. The third-order valence-electron chi connectivity index (χ3n) is 3.58. The molecule has 3 N–H and O–H groups in total. The molecule has 0 aromatic heterocycles. The maximum absolute atomic E-state index is 5.98. The maximum atomic E-state index is 5.98. The third-order valence-corrected chi connectivity index (χ3v) is 3.58. The zero-order chi connectivity index (χ0) is 16.7. The predicted octanol–water partition coefficient (Wildman–Crippen LogP) is 2.72. The normalized spacial score (nSPS) is 13.0. The van der Waals surface area contributed by atoms with Gasteiger partial charge in [-0.25, -0.2) is 0 Å². The summed E-state index contributed by atoms with van der Waals surface area (Å²) in [4.78, 5) is 6.59. The number of hydrogen-bond donors (Lipinski definition) is 2. The van der Waals surface area contributed by atoms with Gasteiger partial charge in [-0.2, -0.15) is 0 Å². The molecule has 0 saturated carbocycles. The Kier molecular flexibility index (Phi) is 6.00. The summed E-state index contributed by atoms with van der Waals surface area (Å²) in [5, 5.41) is 3.09. The first kappa shape index (κ1) is 16.8. The molecule has 2 aromatic carbocycles. The second-order valence-corrected chi connectivity index (χ2v) is 5.47. The van der Waals surface area contributed by atoms with E-state index in [1.54, 1.807) is 7.11 Å². The summed E-state index contributed by atoms with van der Waals surface area (Å²) in [6.07, 6.45) is 0. The van der Waals surface area contributed by atoms with Crippen LogP contribution in [0.2, 0.25) is 0 Å². The zero-order valence-electron chi connectivity index (χ0n) is 13.9. The molecule has 2 rings (SSSR count). The number of guanidine groups is 1. The van der Waals surface area contributed by atoms with Gasteiger partial charge >= 0.3 is 0 Å². The lowest BCUT2D eigenvalue weighted by molar-refractivity contribution is 0.305. The Bertz CT molecular complexity index is 640. The fourth-order valence-electron chi connectivity index (χ4n) is 2.31. The first-order chi connectivity index (χ1) is 11.1. The van der Waals surface area contributed by atoms with Gasteiger partial charge in [0.15, 0.2) is 5.96 Å². The first-order valence-electron chi connectivity index (χ1n) is 7.52. The van der Waals surface area contributed by atoms with Crippen LogP contribution in [0.1, 0.15) is 11.6 Å². The van der Waals surface area contributed by atoms with Crippen LogP contribution in [0, 0.1) is 0 Å². The number of para-hydroxylation sites is 1. The Morgan fingerprint density at radius 2 is 1.91 bits per heavy atom. The molecule has 1 unspecified atom stereocenters. The van der Waals surface area contributed by atoms with Crippen molar-refractivity contribution in [3.8, 4) is 5.75 Å². The molecule has 0 aliphatic rings. The van der Waals surface area contributed by atoms with Crippen molar-refractivity contribution in [3.63, 3.8) is 0 Å². The van der Waals surface area contributed by atoms with Crippen molar-refractivity contribution < 1.29 is 4.74 Å². The van der Waals surface area contributed by atoms with Crippen molar-refractivity contribution in [1.29, 1.82) is 0 Å². The lowest BCUT2D eigenvalue weighted by Gasteiger charge is -2.23. The lowest BCUT2D eigenvalue weighted by Crippen LogP contribution is -2.27. The molecule has 0 saturated heterocycles. The summed E-state index contributed by atoms with van der Waals surface area (Å²) in [5.41, 5.74) is 8.06. The Hall–Kier alpha value is -2.53. The number of aliphatic imine (C=N–C) groups is 1. The van der Waals surface area contributed by atoms with Crippen molar-refractivity contribution in [3.05, 3.63) is 60.2 Å². The quantitative estimate of drug-likeness (QED) is 0.636. The highest BCUT2D eigenvalue weighted by Gasteiger charge is 2.14. The molecule has 0 bridgehead atoms. The number of likely N-dealkylation sites (N-methyl/N-ethyl adjacent to an activating group) is 1. The number of anilines is 1. The monoisotopic (exact) mass is 312 g/mol. The minimum absolute atomic E-state index is 0.126. The second-order valence-electron chi connectivity index (χ2n) is 5.47. The molecule has 2 aromatic rings. The zero-order valence-corrected chi connectivity index (χ0v) is 13.9. The third kappa shape index (κ3) is 5.00. The van der Waals surface area contributed by atoms with E-state index in [-0.39, 0.29) is 6.04 Å². The van der Waals surface area contributed by atoms with Gasteiger partial charge in [-0.3, -0.25) is 4.99 Å². The molecule has 122 valence electrons. The Morgan fingerprint density at radius 3 is 2.57 bits per heavy atom. The van der Waals surface area contributed by atoms with E-state index in [1.165, 1.54) is 0 Å². The van der Waals surface area contributed by atoms with Gasteiger partial charge in [-0.05, 0) is 43.9 Å². The molecule has 0 radical (unpaired) electrons. The molecule has 23 heavy (non-hydrogen) atoms. The van der Waals surface area contributed by atoms with Crippen molar-refractivity contribution in [2.24, 2.45) is 10.7 Å². The number of methoxy groups -OCH3 is 1. The summed E-state index contributed by atoms with van der Waals surface area (Å²) in [6.45, 7) is 0.561. The van der Waals surface area contributed by atoms with Crippen LogP contribution in [0.4, 0.5) is 5.69 Å². The summed E-state index contributed by atoms with van der Waals surface area (Å²) < 4.78 is 5.30. The largest absolute Gasteiger partial charge is 0.497 e. The fraction of sp³-hybridized carbons (Fsp3) is 0.278. The maximum Gasteiger partial charge on any atom is 0.193 e. The van der Waals surface area contributed by atoms with Gasteiger partial charge in [0.2, 0.25) is 0 Å². The van der Waals surface area contributed by atoms with Gasteiger partial charge < -0.3 is 20.7 Å². The van der Waals surface area contributed by atoms with Crippen LogP contribution >= 0.6 is 0 Å². The van der Waals surface area contributed by atoms with Crippen molar-refractivity contribution in [2.75, 3.05) is 33.1 Å². The minimum Gasteiger partial charge on any atom is -0.497 e. The SMILES string of the molecule is COc1cccc(C(CN=C(N)Nc2ccccc2)N(C)C)c1. The van der Waals surface area contributed by atoms with E-state index < -0.39 is 0 Å². The van der Waals surface area contributed by atoms with Gasteiger partial charge in [0.25, 0.3) is 0 Å². The van der Waals surface area contributed by atoms with Gasteiger partial charge in [0.05, 0.1) is 19.7 Å². The van der Waals surface area contributed by atoms with Crippen LogP contribution in [-0.2, 0) is 0 Å². The van der Waals surface area contributed by atoms with E-state index in [4.69, 9.17) is 10.5 Å². The molecule has 0 amide bonds. The number of nitrogens with one attached hydrogen (secondary N) is 1. The smallest absolute Gasteiger partial charge is 0.193 e. The summed E-state index contributed by atoms with van der Waals surface area (Å²) in [7, 11) is 5.73. The molecular formula is C18H24N4O. The van der Waals surface area contributed by atoms with E-state index in [9.17, 15) is 0 Å². The summed E-state index contributed by atoms with van der Waals surface area (Å²) in [5.74, 6) is 1.25. The predicted molar refractivity (Wildman–Crippen MR) is 96.0 cm³/mol. The van der Waals surface area contributed by atoms with E-state index >= 15 is 0 Å². The Morgan fingerprint density at radius 1 is 1.17 bits per heavy atom. The van der Waals surface area contributed by atoms with E-state index in [1.807, 2.05) is 62.6 Å². The van der Waals surface area contributed by atoms with Gasteiger partial charge in [0, 0.05) is 5.69 Å². The van der Waals surface area contributed by atoms with Crippen LogP contribution in [0.5, 0.6) is 5.75 Å². The van der Waals surface area contributed by atoms with Crippen molar-refractivity contribution in [2.45, 2.75) is 6.04 Å². The van der Waals surface area contributed by atoms with Crippen LogP contribution < -0.4 is 15.8 Å². The highest BCUT2D eigenvalue weighted by Crippen LogP contribution is 2.22. The molecule has 5 nitrogen and oxygen atoms in total. The Balaban J connectivity index is 2.08. The van der Waals surface area contributed by atoms with E-state index in [0.717, 1.165) is 17.0 Å². The average molecular weight is 312 g/mol. The Labute approximate surface area is 137 Å². The van der Waals surface area contributed by atoms with Crippen LogP contribution in [0.15, 0.2) is 59.6 Å². The summed E-state index contributed by atoms with van der Waals surface area (Å²) >= 11 is 0. The number of nitrogens with two attached hydrogens (primary N) is 1. The number of rotatable bonds is 6. The molecule has 0 aliphatic heterocycles. The first-order valence-corrected chi connectivity index (χ1v) is 7.52. The molecule has 0 fully saturated rings. The van der Waals surface area contributed by atoms with Crippen molar-refractivity contribution in [1.82, 2.24) is 4.90 Å². The second kappa shape index (κ2) is 8.19. The van der Waals surface area contributed by atoms with E-state index in [0.29, 0.717) is 12.5 Å². The van der Waals surface area contributed by atoms with Gasteiger partial charge in [-0.15, -0.1) is 0 Å². The number of ether oxygens (including phenoxy) is 1. The highest BCUT2D eigenvalue weighted by atomic mass is 16.5. The molecule has 0 spiro atoms. The number of hydrogen-bond acceptors (Lipinski definition) is 3. The van der Waals surface area contributed by atoms with Crippen molar-refractivity contribution >= 4 is 11.6 Å². The standard InChI is InChI=1S/C18H24N4O/c1-22(2)17(14-8-7-11-16(12-14)23-3)13-20-18(19)21-15-9-5-4-6-10-15/h4-12,17H,13H2,1-3H3,(H3,19,20,21). The molecule has 5 heteroatoms. The molecule has 0 heterocycles. The van der Waals surface area contributed by atoms with E-state index in [2.05, 4.69) is 21.3 Å². The van der Waals surface area contributed by atoms with Gasteiger partial charge in [-0.1, -0.05) is 30.3 Å². The number of benzene rings is 2. The lowest BCUT2D eigenvalue weighted by atomic mass is 10.1. The molecular weight excluding hydrogens is 288 g/mol. The minimum atomic E-state index is 0.126. The van der Waals surface area contributed by atoms with Crippen LogP contribution in [0.3, 0.4) is 0 Å². The van der Waals surface area contributed by atoms with Crippen LogP contribution in [0.25, 0.3) is 0 Å². The topological polar surface area (TPSA) is 62.9 Å². The fourth-order valence-corrected chi connectivity index (χ4v) is 2.31. The molecule has 0 aliphatic carbocycles. The van der Waals surface area contributed by atoms with Gasteiger partial charge in [0.1, 0.15) is 5.75 Å². The average Bonchev–Trinajstić information content (AvgIpc) is 2.56. The molecule has 1 atom stereocenters. The number of nitrogens with zero attached hydrogens (tertiary/aromatic N) is 2. The highest BCUT2D eigenvalue weighted by molar-refractivity contribution is 5.92.